The Morgan fingerprint density at radius 3 is 2.60 bits per heavy atom. The molecular weight excluding hydrogens is 262 g/mol. The minimum atomic E-state index is 0.267. The SMILES string of the molecule is CCNC(c1ccccc1C)c1cccc2ccsc12. The van der Waals surface area contributed by atoms with Crippen molar-refractivity contribution in [3.63, 3.8) is 0 Å². The third kappa shape index (κ3) is 2.37. The van der Waals surface area contributed by atoms with E-state index in [4.69, 9.17) is 0 Å². The summed E-state index contributed by atoms with van der Waals surface area (Å²) in [5.74, 6) is 0. The lowest BCUT2D eigenvalue weighted by molar-refractivity contribution is 0.632. The largest absolute Gasteiger partial charge is 0.306 e. The minimum absolute atomic E-state index is 0.267. The number of thiophene rings is 1. The van der Waals surface area contributed by atoms with Gasteiger partial charge in [0.25, 0.3) is 0 Å². The molecule has 0 aliphatic rings. The standard InChI is InChI=1S/C18H19NS/c1-3-19-17(15-9-5-4-7-13(15)2)16-10-6-8-14-11-12-20-18(14)16/h4-12,17,19H,3H2,1-2H3. The van der Waals surface area contributed by atoms with Crippen LogP contribution in [-0.4, -0.2) is 6.54 Å². The second kappa shape index (κ2) is 5.78. The van der Waals surface area contributed by atoms with Gasteiger partial charge in [0.1, 0.15) is 0 Å². The molecule has 20 heavy (non-hydrogen) atoms. The number of hydrogen-bond acceptors (Lipinski definition) is 2. The number of benzene rings is 2. The zero-order chi connectivity index (χ0) is 13.9. The molecule has 1 atom stereocenters. The Kier molecular flexibility index (Phi) is 3.86. The maximum Gasteiger partial charge on any atom is 0.0593 e. The topological polar surface area (TPSA) is 12.0 Å². The zero-order valence-electron chi connectivity index (χ0n) is 11.9. The molecule has 0 bridgehead atoms. The first-order valence-corrected chi connectivity index (χ1v) is 7.94. The van der Waals surface area contributed by atoms with Crippen molar-refractivity contribution in [3.8, 4) is 0 Å². The van der Waals surface area contributed by atoms with E-state index in [2.05, 4.69) is 73.1 Å². The van der Waals surface area contributed by atoms with Gasteiger partial charge in [-0.3, -0.25) is 0 Å². The van der Waals surface area contributed by atoms with Crippen LogP contribution in [0.5, 0.6) is 0 Å². The van der Waals surface area contributed by atoms with E-state index in [0.717, 1.165) is 6.54 Å². The predicted octanol–water partition coefficient (Wildman–Crippen LogP) is 4.91. The summed E-state index contributed by atoms with van der Waals surface area (Å²) in [6.45, 7) is 5.31. The highest BCUT2D eigenvalue weighted by atomic mass is 32.1. The van der Waals surface area contributed by atoms with Crippen LogP contribution in [0.15, 0.2) is 53.9 Å². The van der Waals surface area contributed by atoms with Gasteiger partial charge in [-0.05, 0) is 47.0 Å². The highest BCUT2D eigenvalue weighted by molar-refractivity contribution is 7.17. The van der Waals surface area contributed by atoms with E-state index >= 15 is 0 Å². The fourth-order valence-corrected chi connectivity index (χ4v) is 3.69. The van der Waals surface area contributed by atoms with Crippen molar-refractivity contribution in [2.24, 2.45) is 0 Å². The molecule has 0 aliphatic heterocycles. The molecule has 2 aromatic carbocycles. The van der Waals surface area contributed by atoms with E-state index in [1.807, 2.05) is 11.3 Å². The number of fused-ring (bicyclic) bond motifs is 1. The molecule has 1 nitrogen and oxygen atoms in total. The second-order valence-corrected chi connectivity index (χ2v) is 5.95. The molecule has 0 spiro atoms. The van der Waals surface area contributed by atoms with Crippen molar-refractivity contribution in [1.82, 2.24) is 5.32 Å². The zero-order valence-corrected chi connectivity index (χ0v) is 12.7. The molecule has 1 N–H and O–H groups in total. The van der Waals surface area contributed by atoms with E-state index in [1.165, 1.54) is 26.8 Å². The van der Waals surface area contributed by atoms with Crippen molar-refractivity contribution >= 4 is 21.4 Å². The van der Waals surface area contributed by atoms with Gasteiger partial charge in [-0.1, -0.05) is 49.4 Å². The molecule has 1 heterocycles. The van der Waals surface area contributed by atoms with Crippen molar-refractivity contribution in [2.75, 3.05) is 6.54 Å². The first-order valence-electron chi connectivity index (χ1n) is 7.06. The van der Waals surface area contributed by atoms with Crippen LogP contribution in [0, 0.1) is 6.92 Å². The van der Waals surface area contributed by atoms with Gasteiger partial charge in [0.05, 0.1) is 6.04 Å². The van der Waals surface area contributed by atoms with Crippen molar-refractivity contribution in [1.29, 1.82) is 0 Å². The Balaban J connectivity index is 2.16. The van der Waals surface area contributed by atoms with Crippen LogP contribution in [0.1, 0.15) is 29.7 Å². The van der Waals surface area contributed by atoms with Gasteiger partial charge in [-0.15, -0.1) is 11.3 Å². The highest BCUT2D eigenvalue weighted by Gasteiger charge is 2.17. The molecule has 0 aliphatic carbocycles. The molecule has 0 fully saturated rings. The van der Waals surface area contributed by atoms with Crippen LogP contribution in [0.25, 0.3) is 10.1 Å². The molecule has 102 valence electrons. The third-order valence-electron chi connectivity index (χ3n) is 3.73. The summed E-state index contributed by atoms with van der Waals surface area (Å²) in [5, 5.41) is 7.16. The smallest absolute Gasteiger partial charge is 0.0593 e. The average molecular weight is 281 g/mol. The van der Waals surface area contributed by atoms with Gasteiger partial charge < -0.3 is 5.32 Å². The monoisotopic (exact) mass is 281 g/mol. The fraction of sp³-hybridized carbons (Fsp3) is 0.222. The lowest BCUT2D eigenvalue weighted by atomic mass is 9.94. The number of aryl methyl sites for hydroxylation is 1. The number of hydrogen-bond donors (Lipinski definition) is 1. The van der Waals surface area contributed by atoms with Gasteiger partial charge in [-0.2, -0.15) is 0 Å². The quantitative estimate of drug-likeness (QED) is 0.716. The normalized spacial score (nSPS) is 12.7. The fourth-order valence-electron chi connectivity index (χ4n) is 2.75. The van der Waals surface area contributed by atoms with Crippen molar-refractivity contribution < 1.29 is 0 Å². The molecule has 1 unspecified atom stereocenters. The average Bonchev–Trinajstić information content (AvgIpc) is 2.94. The van der Waals surface area contributed by atoms with Crippen LogP contribution >= 0.6 is 11.3 Å². The van der Waals surface area contributed by atoms with Crippen molar-refractivity contribution in [2.45, 2.75) is 19.9 Å². The van der Waals surface area contributed by atoms with E-state index < -0.39 is 0 Å². The molecule has 0 radical (unpaired) electrons. The van der Waals surface area contributed by atoms with E-state index in [1.54, 1.807) is 0 Å². The Morgan fingerprint density at radius 1 is 1.00 bits per heavy atom. The minimum Gasteiger partial charge on any atom is -0.306 e. The predicted molar refractivity (Wildman–Crippen MR) is 88.5 cm³/mol. The highest BCUT2D eigenvalue weighted by Crippen LogP contribution is 2.33. The van der Waals surface area contributed by atoms with Gasteiger partial charge >= 0.3 is 0 Å². The van der Waals surface area contributed by atoms with Crippen LogP contribution in [0.4, 0.5) is 0 Å². The Morgan fingerprint density at radius 2 is 1.80 bits per heavy atom. The Labute approximate surface area is 124 Å². The maximum atomic E-state index is 3.64. The van der Waals surface area contributed by atoms with Crippen LogP contribution in [-0.2, 0) is 0 Å². The number of rotatable bonds is 4. The van der Waals surface area contributed by atoms with Gasteiger partial charge in [0.2, 0.25) is 0 Å². The van der Waals surface area contributed by atoms with Gasteiger partial charge in [-0.25, -0.2) is 0 Å². The molecule has 1 aromatic heterocycles. The summed E-state index contributed by atoms with van der Waals surface area (Å²) < 4.78 is 1.39. The summed E-state index contributed by atoms with van der Waals surface area (Å²) in [4.78, 5) is 0. The molecule has 0 amide bonds. The summed E-state index contributed by atoms with van der Waals surface area (Å²) in [5.41, 5.74) is 4.09. The maximum absolute atomic E-state index is 3.64. The summed E-state index contributed by atoms with van der Waals surface area (Å²) in [6.07, 6.45) is 0. The summed E-state index contributed by atoms with van der Waals surface area (Å²) in [6, 6.07) is 17.7. The first-order chi connectivity index (χ1) is 9.81. The van der Waals surface area contributed by atoms with Gasteiger partial charge in [0, 0.05) is 4.70 Å². The summed E-state index contributed by atoms with van der Waals surface area (Å²) >= 11 is 1.83. The van der Waals surface area contributed by atoms with Crippen LogP contribution < -0.4 is 5.32 Å². The van der Waals surface area contributed by atoms with Gasteiger partial charge in [0.15, 0.2) is 0 Å². The van der Waals surface area contributed by atoms with Crippen LogP contribution in [0.3, 0.4) is 0 Å². The number of nitrogens with one attached hydrogen (secondary N) is 1. The third-order valence-corrected chi connectivity index (χ3v) is 4.71. The molecule has 3 rings (SSSR count). The molecule has 2 heteroatoms. The lowest BCUT2D eigenvalue weighted by Crippen LogP contribution is -2.22. The molecule has 0 saturated carbocycles. The van der Waals surface area contributed by atoms with Crippen molar-refractivity contribution in [3.05, 3.63) is 70.6 Å². The second-order valence-electron chi connectivity index (χ2n) is 5.03. The Hall–Kier alpha value is -1.64. The summed E-state index contributed by atoms with van der Waals surface area (Å²) in [7, 11) is 0. The Bertz CT molecular complexity index is 714. The van der Waals surface area contributed by atoms with E-state index in [9.17, 15) is 0 Å². The van der Waals surface area contributed by atoms with Crippen LogP contribution in [0.2, 0.25) is 0 Å². The molecule has 0 saturated heterocycles. The van der Waals surface area contributed by atoms with E-state index in [0.29, 0.717) is 0 Å². The molecular formula is C18H19NS. The molecule has 3 aromatic rings. The first kappa shape index (κ1) is 13.3. The van der Waals surface area contributed by atoms with E-state index in [-0.39, 0.29) is 6.04 Å². The lowest BCUT2D eigenvalue weighted by Gasteiger charge is -2.21.